The van der Waals surface area contributed by atoms with Crippen molar-refractivity contribution in [2.24, 2.45) is 5.92 Å². The van der Waals surface area contributed by atoms with E-state index < -0.39 is 22.0 Å². The maximum Gasteiger partial charge on any atom is 0.268 e. The monoisotopic (exact) mass is 329 g/mol. The van der Waals surface area contributed by atoms with Gasteiger partial charge in [-0.2, -0.15) is 0 Å². The van der Waals surface area contributed by atoms with Crippen LogP contribution >= 0.6 is 0 Å². The minimum Gasteiger partial charge on any atom is -0.379 e. The summed E-state index contributed by atoms with van der Waals surface area (Å²) in [5, 5.41) is 2.72. The van der Waals surface area contributed by atoms with Gasteiger partial charge in [-0.3, -0.25) is 9.59 Å². The van der Waals surface area contributed by atoms with Gasteiger partial charge in [0, 0.05) is 26.1 Å². The van der Waals surface area contributed by atoms with Gasteiger partial charge in [0.15, 0.2) is 0 Å². The summed E-state index contributed by atoms with van der Waals surface area (Å²) < 4.78 is 30.3. The van der Waals surface area contributed by atoms with Gasteiger partial charge >= 0.3 is 0 Å². The van der Waals surface area contributed by atoms with E-state index in [1.54, 1.807) is 0 Å². The fourth-order valence-electron chi connectivity index (χ4n) is 2.17. The van der Waals surface area contributed by atoms with Gasteiger partial charge in [0.05, 0.1) is 25.0 Å². The van der Waals surface area contributed by atoms with Crippen LogP contribution in [0.15, 0.2) is 23.0 Å². The third-order valence-corrected chi connectivity index (χ3v) is 5.47. The summed E-state index contributed by atoms with van der Waals surface area (Å²) in [5.41, 5.74) is -0.240. The summed E-state index contributed by atoms with van der Waals surface area (Å²) in [5.74, 6) is -0.886. The first-order chi connectivity index (χ1) is 10.3. The van der Waals surface area contributed by atoms with E-state index in [0.717, 1.165) is 4.31 Å². The van der Waals surface area contributed by atoms with E-state index in [0.29, 0.717) is 0 Å². The summed E-state index contributed by atoms with van der Waals surface area (Å²) in [6, 6.07) is 3.86. The van der Waals surface area contributed by atoms with Crippen LogP contribution in [0.4, 0.5) is 0 Å². The Balaban J connectivity index is 2.05. The minimum absolute atomic E-state index is 0.101. The van der Waals surface area contributed by atoms with Crippen LogP contribution in [0.3, 0.4) is 0 Å². The molecule has 0 unspecified atom stereocenters. The maximum absolute atomic E-state index is 12.1. The molecule has 1 saturated heterocycles. The van der Waals surface area contributed by atoms with Gasteiger partial charge in [0.25, 0.3) is 5.91 Å². The van der Waals surface area contributed by atoms with E-state index >= 15 is 0 Å². The van der Waals surface area contributed by atoms with Crippen LogP contribution in [0.1, 0.15) is 10.5 Å². The Morgan fingerprint density at radius 1 is 1.41 bits per heavy atom. The van der Waals surface area contributed by atoms with Gasteiger partial charge in [-0.15, -0.1) is 0 Å². The predicted octanol–water partition coefficient (Wildman–Crippen LogP) is -0.989. The topological polar surface area (TPSA) is 109 Å². The number of aromatic nitrogens is 1. The highest BCUT2D eigenvalue weighted by Crippen LogP contribution is 2.17. The highest BCUT2D eigenvalue weighted by atomic mass is 32.2. The predicted molar refractivity (Wildman–Crippen MR) is 80.1 cm³/mol. The SMILES string of the molecule is CN(C)S(=O)(=O)C[C@@H]1COC[C@H]1NC(=O)c1cccc(=O)[nH]1. The first-order valence-electron chi connectivity index (χ1n) is 6.78. The number of sulfonamides is 1. The molecular formula is C13H19N3O5S. The van der Waals surface area contributed by atoms with E-state index in [1.807, 2.05) is 0 Å². The molecule has 1 amide bonds. The van der Waals surface area contributed by atoms with Crippen molar-refractivity contribution in [1.82, 2.24) is 14.6 Å². The Labute approximate surface area is 128 Å². The Morgan fingerprint density at radius 2 is 2.14 bits per heavy atom. The zero-order chi connectivity index (χ0) is 16.3. The maximum atomic E-state index is 12.1. The smallest absolute Gasteiger partial charge is 0.268 e. The zero-order valence-corrected chi connectivity index (χ0v) is 13.2. The van der Waals surface area contributed by atoms with Crippen molar-refractivity contribution in [3.63, 3.8) is 0 Å². The average Bonchev–Trinajstić information content (AvgIpc) is 2.85. The number of nitrogens with zero attached hydrogens (tertiary/aromatic N) is 1. The average molecular weight is 329 g/mol. The molecule has 0 radical (unpaired) electrons. The molecule has 1 aromatic heterocycles. The Bertz CT molecular complexity index is 698. The van der Waals surface area contributed by atoms with Crippen LogP contribution in [0.5, 0.6) is 0 Å². The summed E-state index contributed by atoms with van der Waals surface area (Å²) in [7, 11) is -0.446. The van der Waals surface area contributed by atoms with Gasteiger partial charge in [0.2, 0.25) is 15.6 Å². The molecule has 2 N–H and O–H groups in total. The standard InChI is InChI=1S/C13H19N3O5S/c1-16(2)22(19,20)8-9-6-21-7-11(9)15-13(18)10-4-3-5-12(17)14-10/h3-5,9,11H,6-8H2,1-2H3,(H,14,17)(H,15,18)/t9-,11+/m0/s1. The highest BCUT2D eigenvalue weighted by Gasteiger charge is 2.34. The lowest BCUT2D eigenvalue weighted by Gasteiger charge is -2.20. The summed E-state index contributed by atoms with van der Waals surface area (Å²) >= 11 is 0. The third-order valence-electron chi connectivity index (χ3n) is 3.51. The van der Waals surface area contributed by atoms with Gasteiger partial charge < -0.3 is 15.0 Å². The number of H-pyrrole nitrogens is 1. The van der Waals surface area contributed by atoms with Gasteiger partial charge in [0.1, 0.15) is 5.69 Å². The molecule has 2 rings (SSSR count). The second kappa shape index (κ2) is 6.59. The number of hydrogen-bond donors (Lipinski definition) is 2. The van der Waals surface area contributed by atoms with Crippen LogP contribution < -0.4 is 10.9 Å². The quantitative estimate of drug-likeness (QED) is 0.721. The molecule has 1 aliphatic rings. The molecule has 122 valence electrons. The van der Waals surface area contributed by atoms with E-state index in [4.69, 9.17) is 4.74 Å². The molecule has 1 aliphatic heterocycles. The van der Waals surface area contributed by atoms with Gasteiger partial charge in [-0.25, -0.2) is 12.7 Å². The Hall–Kier alpha value is -1.71. The van der Waals surface area contributed by atoms with Crippen molar-refractivity contribution in [2.45, 2.75) is 6.04 Å². The lowest BCUT2D eigenvalue weighted by atomic mass is 10.1. The number of amides is 1. The van der Waals surface area contributed by atoms with E-state index in [2.05, 4.69) is 10.3 Å². The number of ether oxygens (including phenoxy) is 1. The van der Waals surface area contributed by atoms with Crippen molar-refractivity contribution < 1.29 is 17.9 Å². The van der Waals surface area contributed by atoms with Crippen LogP contribution in [-0.2, 0) is 14.8 Å². The minimum atomic E-state index is -3.38. The molecule has 0 spiro atoms. The second-order valence-electron chi connectivity index (χ2n) is 5.37. The zero-order valence-electron chi connectivity index (χ0n) is 12.4. The number of pyridine rings is 1. The number of carbonyl (C=O) groups excluding carboxylic acids is 1. The first-order valence-corrected chi connectivity index (χ1v) is 8.38. The largest absolute Gasteiger partial charge is 0.379 e. The molecule has 1 fully saturated rings. The van der Waals surface area contributed by atoms with Crippen molar-refractivity contribution in [1.29, 1.82) is 0 Å². The molecule has 22 heavy (non-hydrogen) atoms. The molecule has 0 saturated carbocycles. The normalized spacial score (nSPS) is 22.0. The molecule has 2 atom stereocenters. The summed E-state index contributed by atoms with van der Waals surface area (Å²) in [4.78, 5) is 25.7. The van der Waals surface area contributed by atoms with E-state index in [-0.39, 0.29) is 36.1 Å². The van der Waals surface area contributed by atoms with Crippen molar-refractivity contribution in [3.8, 4) is 0 Å². The van der Waals surface area contributed by atoms with Crippen LogP contribution in [-0.4, -0.2) is 62.7 Å². The number of rotatable bonds is 5. The third kappa shape index (κ3) is 3.93. The van der Waals surface area contributed by atoms with Crippen molar-refractivity contribution in [3.05, 3.63) is 34.2 Å². The second-order valence-corrected chi connectivity index (χ2v) is 7.59. The molecule has 0 bridgehead atoms. The molecule has 2 heterocycles. The molecule has 9 heteroatoms. The molecule has 1 aromatic rings. The molecule has 0 aromatic carbocycles. The Kier molecular flexibility index (Phi) is 4.99. The van der Waals surface area contributed by atoms with Crippen LogP contribution in [0.25, 0.3) is 0 Å². The lowest BCUT2D eigenvalue weighted by molar-refractivity contribution is 0.0920. The fraction of sp³-hybridized carbons (Fsp3) is 0.538. The van der Waals surface area contributed by atoms with Crippen LogP contribution in [0, 0.1) is 5.92 Å². The molecular weight excluding hydrogens is 310 g/mol. The molecule has 0 aliphatic carbocycles. The summed E-state index contributed by atoms with van der Waals surface area (Å²) in [6.07, 6.45) is 0. The van der Waals surface area contributed by atoms with E-state index in [9.17, 15) is 18.0 Å². The number of carbonyl (C=O) groups is 1. The van der Waals surface area contributed by atoms with Crippen molar-refractivity contribution >= 4 is 15.9 Å². The molecule has 8 nitrogen and oxygen atoms in total. The number of hydrogen-bond acceptors (Lipinski definition) is 5. The number of nitrogens with one attached hydrogen (secondary N) is 2. The van der Waals surface area contributed by atoms with E-state index in [1.165, 1.54) is 32.3 Å². The van der Waals surface area contributed by atoms with Crippen molar-refractivity contribution in [2.75, 3.05) is 33.1 Å². The summed E-state index contributed by atoms with van der Waals surface area (Å²) in [6.45, 7) is 0.514. The first kappa shape index (κ1) is 16.7. The number of aromatic amines is 1. The Morgan fingerprint density at radius 3 is 2.77 bits per heavy atom. The van der Waals surface area contributed by atoms with Crippen LogP contribution in [0.2, 0.25) is 0 Å². The highest BCUT2D eigenvalue weighted by molar-refractivity contribution is 7.89. The van der Waals surface area contributed by atoms with Gasteiger partial charge in [-0.1, -0.05) is 6.07 Å². The fourth-order valence-corrected chi connectivity index (χ4v) is 3.34. The van der Waals surface area contributed by atoms with Gasteiger partial charge in [-0.05, 0) is 6.07 Å². The lowest BCUT2D eigenvalue weighted by Crippen LogP contribution is -2.44.